The molecule has 0 unspecified atom stereocenters. The van der Waals surface area contributed by atoms with Gasteiger partial charge in [0, 0.05) is 18.5 Å². The van der Waals surface area contributed by atoms with Crippen molar-refractivity contribution in [3.63, 3.8) is 0 Å². The number of para-hydroxylation sites is 1. The van der Waals surface area contributed by atoms with Gasteiger partial charge in [-0.2, -0.15) is 0 Å². The number of anilines is 1. The van der Waals surface area contributed by atoms with E-state index in [1.165, 1.54) is 18.4 Å². The fourth-order valence-corrected chi connectivity index (χ4v) is 2.49. The van der Waals surface area contributed by atoms with Crippen LogP contribution < -0.4 is 4.90 Å². The Balaban J connectivity index is 2.18. The summed E-state index contributed by atoms with van der Waals surface area (Å²) in [6.07, 6.45) is 2.47. The Bertz CT molecular complexity index is 559. The third-order valence-corrected chi connectivity index (χ3v) is 3.44. The molecule has 3 heteroatoms. The lowest BCUT2D eigenvalue weighted by Gasteiger charge is -2.18. The number of hydrogen-bond acceptors (Lipinski definition) is 3. The molecule has 0 bridgehead atoms. The third kappa shape index (κ3) is 1.71. The second-order valence-corrected chi connectivity index (χ2v) is 4.66. The Kier molecular flexibility index (Phi) is 2.39. The van der Waals surface area contributed by atoms with E-state index in [9.17, 15) is 5.11 Å². The van der Waals surface area contributed by atoms with E-state index in [-0.39, 0.29) is 5.75 Å². The van der Waals surface area contributed by atoms with Gasteiger partial charge in [-0.25, -0.2) is 4.98 Å². The molecule has 0 saturated carbocycles. The summed E-state index contributed by atoms with van der Waals surface area (Å²) in [7, 11) is 0. The normalized spacial score (nSPS) is 15.7. The van der Waals surface area contributed by atoms with Crippen LogP contribution in [0.5, 0.6) is 5.75 Å². The lowest BCUT2D eigenvalue weighted by atomic mass is 10.1. The van der Waals surface area contributed by atoms with Crippen LogP contribution in [0.4, 0.5) is 5.82 Å². The number of benzene rings is 1. The monoisotopic (exact) mass is 228 g/mol. The summed E-state index contributed by atoms with van der Waals surface area (Å²) in [6.45, 7) is 4.22. The zero-order valence-electron chi connectivity index (χ0n) is 9.98. The smallest absolute Gasteiger partial charge is 0.141 e. The van der Waals surface area contributed by atoms with E-state index in [1.54, 1.807) is 6.07 Å². The maximum absolute atomic E-state index is 9.88. The highest BCUT2D eigenvalue weighted by molar-refractivity contribution is 5.88. The van der Waals surface area contributed by atoms with Gasteiger partial charge in [-0.3, -0.25) is 0 Å². The minimum atomic E-state index is 0.270. The lowest BCUT2D eigenvalue weighted by Crippen LogP contribution is -2.19. The van der Waals surface area contributed by atoms with Crippen LogP contribution in [0.15, 0.2) is 24.3 Å². The molecule has 0 radical (unpaired) electrons. The average molecular weight is 228 g/mol. The molecule has 1 aromatic heterocycles. The fraction of sp³-hybridized carbons (Fsp3) is 0.357. The minimum Gasteiger partial charge on any atom is -0.506 e. The zero-order valence-corrected chi connectivity index (χ0v) is 9.98. The summed E-state index contributed by atoms with van der Waals surface area (Å²) in [5, 5.41) is 10.9. The highest BCUT2D eigenvalue weighted by Crippen LogP contribution is 2.29. The zero-order chi connectivity index (χ0) is 11.8. The van der Waals surface area contributed by atoms with Gasteiger partial charge in [0.25, 0.3) is 0 Å². The predicted molar refractivity (Wildman–Crippen MR) is 69.6 cm³/mol. The lowest BCUT2D eigenvalue weighted by molar-refractivity contribution is 0.480. The molecule has 1 N–H and O–H groups in total. The Labute approximate surface area is 101 Å². The van der Waals surface area contributed by atoms with Gasteiger partial charge in [0.2, 0.25) is 0 Å². The average Bonchev–Trinajstić information content (AvgIpc) is 2.84. The Hall–Kier alpha value is -1.77. The molecule has 1 aliphatic rings. The van der Waals surface area contributed by atoms with Crippen molar-refractivity contribution in [2.45, 2.75) is 19.8 Å². The van der Waals surface area contributed by atoms with Crippen molar-refractivity contribution >= 4 is 16.7 Å². The van der Waals surface area contributed by atoms with E-state index < -0.39 is 0 Å². The molecule has 0 aliphatic carbocycles. The fourth-order valence-electron chi connectivity index (χ4n) is 2.49. The van der Waals surface area contributed by atoms with E-state index in [2.05, 4.69) is 22.9 Å². The highest BCUT2D eigenvalue weighted by Gasteiger charge is 2.15. The number of pyridine rings is 1. The number of fused-ring (bicyclic) bond motifs is 1. The molecule has 3 nitrogen and oxygen atoms in total. The van der Waals surface area contributed by atoms with Crippen molar-refractivity contribution in [3.05, 3.63) is 29.8 Å². The summed E-state index contributed by atoms with van der Waals surface area (Å²) in [6, 6.07) is 7.68. The van der Waals surface area contributed by atoms with Crippen LogP contribution in [0.25, 0.3) is 10.9 Å². The molecular weight excluding hydrogens is 212 g/mol. The van der Waals surface area contributed by atoms with Gasteiger partial charge in [-0.05, 0) is 37.5 Å². The van der Waals surface area contributed by atoms with Crippen LogP contribution in [0.2, 0.25) is 0 Å². The van der Waals surface area contributed by atoms with Gasteiger partial charge in [-0.15, -0.1) is 0 Å². The summed E-state index contributed by atoms with van der Waals surface area (Å²) in [5.74, 6) is 1.26. The van der Waals surface area contributed by atoms with E-state index in [0.717, 1.165) is 29.8 Å². The summed E-state index contributed by atoms with van der Waals surface area (Å²) in [5.41, 5.74) is 1.89. The third-order valence-electron chi connectivity index (χ3n) is 3.44. The van der Waals surface area contributed by atoms with Gasteiger partial charge in [0.15, 0.2) is 0 Å². The first-order valence-electron chi connectivity index (χ1n) is 6.10. The first-order valence-corrected chi connectivity index (χ1v) is 6.10. The van der Waals surface area contributed by atoms with Crippen LogP contribution >= 0.6 is 0 Å². The number of aromatic hydroxyl groups is 1. The van der Waals surface area contributed by atoms with Crippen molar-refractivity contribution in [2.75, 3.05) is 18.0 Å². The Morgan fingerprint density at radius 2 is 2.00 bits per heavy atom. The highest BCUT2D eigenvalue weighted by atomic mass is 16.3. The van der Waals surface area contributed by atoms with Crippen LogP contribution in [0.1, 0.15) is 18.4 Å². The number of hydrogen-bond donors (Lipinski definition) is 1. The maximum atomic E-state index is 9.88. The van der Waals surface area contributed by atoms with Gasteiger partial charge in [-0.1, -0.05) is 12.1 Å². The van der Waals surface area contributed by atoms with Crippen molar-refractivity contribution < 1.29 is 5.11 Å². The van der Waals surface area contributed by atoms with E-state index in [1.807, 2.05) is 12.1 Å². The van der Waals surface area contributed by atoms with Crippen molar-refractivity contribution in [2.24, 2.45) is 0 Å². The molecule has 0 spiro atoms. The van der Waals surface area contributed by atoms with Crippen LogP contribution in [0, 0.1) is 6.92 Å². The number of phenols is 1. The molecule has 17 heavy (non-hydrogen) atoms. The molecule has 1 aromatic carbocycles. The van der Waals surface area contributed by atoms with Crippen LogP contribution in [0.3, 0.4) is 0 Å². The first kappa shape index (κ1) is 10.4. The standard InChI is InChI=1S/C14H16N2O/c1-10-9-13(16-7-2-3-8-16)15-14-11(10)5-4-6-12(14)17/h4-6,9,17H,2-3,7-8H2,1H3. The maximum Gasteiger partial charge on any atom is 0.141 e. The molecule has 3 rings (SSSR count). The number of rotatable bonds is 1. The van der Waals surface area contributed by atoms with Crippen LogP contribution in [-0.4, -0.2) is 23.2 Å². The predicted octanol–water partition coefficient (Wildman–Crippen LogP) is 2.85. The van der Waals surface area contributed by atoms with Crippen molar-refractivity contribution in [3.8, 4) is 5.75 Å². The van der Waals surface area contributed by atoms with Crippen molar-refractivity contribution in [1.82, 2.24) is 4.98 Å². The molecule has 2 heterocycles. The molecule has 1 aliphatic heterocycles. The molecule has 88 valence electrons. The van der Waals surface area contributed by atoms with Crippen molar-refractivity contribution in [1.29, 1.82) is 0 Å². The van der Waals surface area contributed by atoms with Gasteiger partial charge in [0.1, 0.15) is 17.1 Å². The molecule has 1 fully saturated rings. The summed E-state index contributed by atoms with van der Waals surface area (Å²) >= 11 is 0. The van der Waals surface area contributed by atoms with Gasteiger partial charge >= 0.3 is 0 Å². The van der Waals surface area contributed by atoms with E-state index in [0.29, 0.717) is 0 Å². The Morgan fingerprint density at radius 1 is 1.24 bits per heavy atom. The topological polar surface area (TPSA) is 36.4 Å². The molecule has 2 aromatic rings. The van der Waals surface area contributed by atoms with Gasteiger partial charge in [0.05, 0.1) is 0 Å². The van der Waals surface area contributed by atoms with Crippen LogP contribution in [-0.2, 0) is 0 Å². The number of aryl methyl sites for hydroxylation is 1. The number of aromatic nitrogens is 1. The second-order valence-electron chi connectivity index (χ2n) is 4.66. The molecule has 1 saturated heterocycles. The Morgan fingerprint density at radius 3 is 2.76 bits per heavy atom. The minimum absolute atomic E-state index is 0.270. The quantitative estimate of drug-likeness (QED) is 0.815. The SMILES string of the molecule is Cc1cc(N2CCCC2)nc2c(O)cccc12. The first-order chi connectivity index (χ1) is 8.25. The van der Waals surface area contributed by atoms with E-state index >= 15 is 0 Å². The molecule has 0 amide bonds. The van der Waals surface area contributed by atoms with E-state index in [4.69, 9.17) is 0 Å². The number of phenolic OH excluding ortho intramolecular Hbond substituents is 1. The van der Waals surface area contributed by atoms with Gasteiger partial charge < -0.3 is 10.0 Å². The second kappa shape index (κ2) is 3.91. The largest absolute Gasteiger partial charge is 0.506 e. The molecular formula is C14H16N2O. The summed E-state index contributed by atoms with van der Waals surface area (Å²) < 4.78 is 0. The number of nitrogens with zero attached hydrogens (tertiary/aromatic N) is 2. The summed E-state index contributed by atoms with van der Waals surface area (Å²) in [4.78, 5) is 6.88. The molecule has 0 atom stereocenters.